The summed E-state index contributed by atoms with van der Waals surface area (Å²) in [7, 11) is 0. The number of benzene rings is 2. The molecule has 4 nitrogen and oxygen atoms in total. The Labute approximate surface area is 165 Å². The van der Waals surface area contributed by atoms with Crippen LogP contribution in [0.2, 0.25) is 0 Å². The van der Waals surface area contributed by atoms with E-state index in [-0.39, 0.29) is 11.7 Å². The second kappa shape index (κ2) is 6.49. The molecule has 1 amide bonds. The largest absolute Gasteiger partial charge is 0.297 e. The number of para-hydroxylation sites is 1. The minimum atomic E-state index is -0.317. The average Bonchev–Trinajstić information content (AvgIpc) is 3.38. The van der Waals surface area contributed by atoms with Crippen LogP contribution < -0.4 is 5.32 Å². The molecule has 132 valence electrons. The van der Waals surface area contributed by atoms with E-state index in [9.17, 15) is 9.18 Å². The van der Waals surface area contributed by atoms with Crippen molar-refractivity contribution in [1.82, 2.24) is 9.97 Å². The zero-order valence-corrected chi connectivity index (χ0v) is 16.1. The smallest absolute Gasteiger partial charge is 0.267 e. The summed E-state index contributed by atoms with van der Waals surface area (Å²) in [6.07, 6.45) is 0. The number of halogens is 1. The molecule has 5 aromatic rings. The van der Waals surface area contributed by atoms with Gasteiger partial charge in [-0.2, -0.15) is 0 Å². The molecule has 8 heteroatoms. The summed E-state index contributed by atoms with van der Waals surface area (Å²) in [6.45, 7) is 0. The molecule has 3 heterocycles. The summed E-state index contributed by atoms with van der Waals surface area (Å²) in [4.78, 5) is 23.0. The Balaban J connectivity index is 1.40. The maximum atomic E-state index is 13.3. The Hall–Kier alpha value is -2.68. The molecule has 0 spiro atoms. The molecule has 0 aliphatic carbocycles. The first-order valence-corrected chi connectivity index (χ1v) is 10.4. The van der Waals surface area contributed by atoms with Gasteiger partial charge in [-0.15, -0.1) is 22.7 Å². The number of amides is 1. The van der Waals surface area contributed by atoms with E-state index in [4.69, 9.17) is 0 Å². The van der Waals surface area contributed by atoms with E-state index in [1.807, 2.05) is 30.3 Å². The molecular formula is C19H10FN3OS3. The number of hydrogen-bond acceptors (Lipinski definition) is 6. The van der Waals surface area contributed by atoms with Gasteiger partial charge in [0, 0.05) is 0 Å². The van der Waals surface area contributed by atoms with Gasteiger partial charge in [0.2, 0.25) is 0 Å². The molecule has 0 radical (unpaired) electrons. The molecule has 0 aliphatic rings. The Kier molecular flexibility index (Phi) is 3.96. The number of anilines is 1. The van der Waals surface area contributed by atoms with Gasteiger partial charge in [0.15, 0.2) is 5.13 Å². The second-order valence-electron chi connectivity index (χ2n) is 5.74. The lowest BCUT2D eigenvalue weighted by molar-refractivity contribution is 0.103. The van der Waals surface area contributed by atoms with Crippen LogP contribution in [0.25, 0.3) is 30.3 Å². The van der Waals surface area contributed by atoms with Gasteiger partial charge in [-0.25, -0.2) is 14.4 Å². The van der Waals surface area contributed by atoms with Crippen LogP contribution in [-0.4, -0.2) is 15.9 Å². The Bertz CT molecular complexity index is 1270. The number of carbonyl (C=O) groups excluding carboxylic acids is 1. The predicted octanol–water partition coefficient (Wildman–Crippen LogP) is 6.03. The fourth-order valence-electron chi connectivity index (χ4n) is 2.66. The van der Waals surface area contributed by atoms with E-state index in [1.54, 1.807) is 23.5 Å². The number of aromatic nitrogens is 2. The van der Waals surface area contributed by atoms with E-state index in [1.165, 1.54) is 34.8 Å². The van der Waals surface area contributed by atoms with Crippen molar-refractivity contribution in [2.45, 2.75) is 0 Å². The highest BCUT2D eigenvalue weighted by Crippen LogP contribution is 2.35. The minimum Gasteiger partial charge on any atom is -0.297 e. The molecule has 0 aliphatic heterocycles. The van der Waals surface area contributed by atoms with Crippen LogP contribution in [0.4, 0.5) is 9.52 Å². The molecule has 3 aromatic heterocycles. The second-order valence-corrected chi connectivity index (χ2v) is 8.88. The van der Waals surface area contributed by atoms with Crippen molar-refractivity contribution in [1.29, 1.82) is 0 Å². The maximum absolute atomic E-state index is 13.3. The molecule has 1 N–H and O–H groups in total. The lowest BCUT2D eigenvalue weighted by Gasteiger charge is -1.97. The van der Waals surface area contributed by atoms with Crippen LogP contribution in [0.15, 0.2) is 54.6 Å². The molecule has 0 saturated carbocycles. The van der Waals surface area contributed by atoms with Crippen LogP contribution in [0, 0.1) is 5.82 Å². The Morgan fingerprint density at radius 1 is 0.889 bits per heavy atom. The lowest BCUT2D eigenvalue weighted by Crippen LogP contribution is -2.09. The van der Waals surface area contributed by atoms with Crippen molar-refractivity contribution in [3.63, 3.8) is 0 Å². The standard InChI is InChI=1S/C19H10FN3OS3/c20-10-5-6-12-16(9-10)27-19(22-12)23-17(24)14-7-8-15(25-14)18-21-11-3-1-2-4-13(11)26-18/h1-9H,(H,22,23,24). The van der Waals surface area contributed by atoms with Gasteiger partial charge in [-0.05, 0) is 42.5 Å². The van der Waals surface area contributed by atoms with E-state index in [2.05, 4.69) is 15.3 Å². The molecular weight excluding hydrogens is 401 g/mol. The molecule has 5 rings (SSSR count). The summed E-state index contributed by atoms with van der Waals surface area (Å²) in [6, 6.07) is 16.0. The van der Waals surface area contributed by atoms with Gasteiger partial charge >= 0.3 is 0 Å². The number of fused-ring (bicyclic) bond motifs is 2. The van der Waals surface area contributed by atoms with E-state index in [0.29, 0.717) is 20.2 Å². The highest BCUT2D eigenvalue weighted by Gasteiger charge is 2.15. The fourth-order valence-corrected chi connectivity index (χ4v) is 5.47. The maximum Gasteiger partial charge on any atom is 0.267 e. The van der Waals surface area contributed by atoms with Crippen molar-refractivity contribution in [3.8, 4) is 9.88 Å². The first kappa shape index (κ1) is 16.5. The van der Waals surface area contributed by atoms with Gasteiger partial charge in [0.05, 0.1) is 30.2 Å². The average molecular weight is 412 g/mol. The third-order valence-corrected chi connectivity index (χ3v) is 7.13. The van der Waals surface area contributed by atoms with E-state index >= 15 is 0 Å². The normalized spacial score (nSPS) is 11.3. The van der Waals surface area contributed by atoms with Crippen LogP contribution in [0.3, 0.4) is 0 Å². The van der Waals surface area contributed by atoms with Gasteiger partial charge in [0.25, 0.3) is 5.91 Å². The van der Waals surface area contributed by atoms with Crippen molar-refractivity contribution >= 4 is 65.5 Å². The Morgan fingerprint density at radius 2 is 1.74 bits per heavy atom. The van der Waals surface area contributed by atoms with Crippen molar-refractivity contribution < 1.29 is 9.18 Å². The van der Waals surface area contributed by atoms with Crippen molar-refractivity contribution in [2.24, 2.45) is 0 Å². The number of nitrogens with one attached hydrogen (secondary N) is 1. The number of thiophene rings is 1. The van der Waals surface area contributed by atoms with Crippen LogP contribution in [0.5, 0.6) is 0 Å². The zero-order chi connectivity index (χ0) is 18.4. The quantitative estimate of drug-likeness (QED) is 0.395. The fraction of sp³-hybridized carbons (Fsp3) is 0. The van der Waals surface area contributed by atoms with Crippen LogP contribution in [0.1, 0.15) is 9.67 Å². The third-order valence-electron chi connectivity index (χ3n) is 3.91. The first-order valence-electron chi connectivity index (χ1n) is 7.99. The first-order chi connectivity index (χ1) is 13.2. The number of rotatable bonds is 3. The summed E-state index contributed by atoms with van der Waals surface area (Å²) >= 11 is 4.25. The summed E-state index contributed by atoms with van der Waals surface area (Å²) in [5, 5.41) is 4.15. The van der Waals surface area contributed by atoms with Gasteiger partial charge in [-0.1, -0.05) is 23.5 Å². The number of carbonyl (C=O) groups is 1. The molecule has 0 atom stereocenters. The van der Waals surface area contributed by atoms with E-state index in [0.717, 1.165) is 20.1 Å². The Morgan fingerprint density at radius 3 is 2.63 bits per heavy atom. The molecule has 27 heavy (non-hydrogen) atoms. The van der Waals surface area contributed by atoms with E-state index < -0.39 is 0 Å². The predicted molar refractivity (Wildman–Crippen MR) is 110 cm³/mol. The minimum absolute atomic E-state index is 0.230. The van der Waals surface area contributed by atoms with Crippen molar-refractivity contribution in [3.05, 3.63) is 65.3 Å². The zero-order valence-electron chi connectivity index (χ0n) is 13.6. The summed E-state index contributed by atoms with van der Waals surface area (Å²) < 4.78 is 15.1. The third kappa shape index (κ3) is 3.12. The number of thiazole rings is 2. The molecule has 0 saturated heterocycles. The van der Waals surface area contributed by atoms with Gasteiger partial charge < -0.3 is 0 Å². The molecule has 2 aromatic carbocycles. The number of nitrogens with zero attached hydrogens (tertiary/aromatic N) is 2. The summed E-state index contributed by atoms with van der Waals surface area (Å²) in [5.74, 6) is -0.547. The van der Waals surface area contributed by atoms with Crippen LogP contribution >= 0.6 is 34.0 Å². The van der Waals surface area contributed by atoms with Gasteiger partial charge in [0.1, 0.15) is 10.8 Å². The molecule has 0 unspecified atom stereocenters. The highest BCUT2D eigenvalue weighted by molar-refractivity contribution is 7.26. The number of hydrogen-bond donors (Lipinski definition) is 1. The highest BCUT2D eigenvalue weighted by atomic mass is 32.1. The molecule has 0 bridgehead atoms. The monoisotopic (exact) mass is 411 g/mol. The lowest BCUT2D eigenvalue weighted by atomic mass is 10.3. The SMILES string of the molecule is O=C(Nc1nc2ccc(F)cc2s1)c1ccc(-c2nc3ccccc3s2)s1. The summed E-state index contributed by atoms with van der Waals surface area (Å²) in [5.41, 5.74) is 1.62. The van der Waals surface area contributed by atoms with Crippen molar-refractivity contribution in [2.75, 3.05) is 5.32 Å². The van der Waals surface area contributed by atoms with Crippen LogP contribution in [-0.2, 0) is 0 Å². The molecule has 0 fully saturated rings. The topological polar surface area (TPSA) is 54.9 Å². The van der Waals surface area contributed by atoms with Gasteiger partial charge in [-0.3, -0.25) is 10.1 Å².